The van der Waals surface area contributed by atoms with Gasteiger partial charge in [-0.05, 0) is 49.7 Å². The molecule has 0 aliphatic carbocycles. The summed E-state index contributed by atoms with van der Waals surface area (Å²) in [6.45, 7) is 3.30. The van der Waals surface area contributed by atoms with Crippen molar-refractivity contribution in [3.8, 4) is 0 Å². The van der Waals surface area contributed by atoms with Gasteiger partial charge in [0.25, 0.3) is 0 Å². The van der Waals surface area contributed by atoms with Gasteiger partial charge in [-0.25, -0.2) is 0 Å². The molecule has 0 aliphatic heterocycles. The van der Waals surface area contributed by atoms with E-state index in [4.69, 9.17) is 0 Å². The molecule has 126 valence electrons. The van der Waals surface area contributed by atoms with E-state index in [-0.39, 0.29) is 23.4 Å². The summed E-state index contributed by atoms with van der Waals surface area (Å²) in [7, 11) is 0. The fourth-order valence-electron chi connectivity index (χ4n) is 3.32. The SMILES string of the molecule is CC(=O)CC[C@H](c1ccccc1)[C@@H](CCC(C)=O)c1ccccc1. The minimum Gasteiger partial charge on any atom is -0.300 e. The quantitative estimate of drug-likeness (QED) is 0.628. The van der Waals surface area contributed by atoms with E-state index in [2.05, 4.69) is 24.3 Å². The number of ketones is 2. The number of hydrogen-bond acceptors (Lipinski definition) is 2. The van der Waals surface area contributed by atoms with E-state index in [1.54, 1.807) is 13.8 Å². The molecule has 0 radical (unpaired) electrons. The van der Waals surface area contributed by atoms with Crippen LogP contribution in [0.15, 0.2) is 60.7 Å². The van der Waals surface area contributed by atoms with Crippen molar-refractivity contribution in [1.29, 1.82) is 0 Å². The molecule has 24 heavy (non-hydrogen) atoms. The van der Waals surface area contributed by atoms with Gasteiger partial charge >= 0.3 is 0 Å². The first kappa shape index (κ1) is 18.1. The molecule has 0 aromatic heterocycles. The Bertz CT molecular complexity index is 587. The molecule has 2 heteroatoms. The number of benzene rings is 2. The summed E-state index contributed by atoms with van der Waals surface area (Å²) < 4.78 is 0. The third-order valence-corrected chi connectivity index (χ3v) is 4.56. The van der Waals surface area contributed by atoms with Crippen LogP contribution in [-0.4, -0.2) is 11.6 Å². The Hall–Kier alpha value is -2.22. The van der Waals surface area contributed by atoms with Crippen molar-refractivity contribution in [2.24, 2.45) is 0 Å². The van der Waals surface area contributed by atoms with E-state index >= 15 is 0 Å². The molecule has 2 nitrogen and oxygen atoms in total. The van der Waals surface area contributed by atoms with Gasteiger partial charge in [0.1, 0.15) is 11.6 Å². The van der Waals surface area contributed by atoms with Crippen LogP contribution in [0.25, 0.3) is 0 Å². The maximum atomic E-state index is 11.6. The van der Waals surface area contributed by atoms with Gasteiger partial charge in [0, 0.05) is 12.8 Å². The highest BCUT2D eigenvalue weighted by molar-refractivity contribution is 5.76. The summed E-state index contributed by atoms with van der Waals surface area (Å²) in [5.41, 5.74) is 2.49. The lowest BCUT2D eigenvalue weighted by molar-refractivity contribution is -0.118. The van der Waals surface area contributed by atoms with Crippen LogP contribution >= 0.6 is 0 Å². The average molecular weight is 322 g/mol. The van der Waals surface area contributed by atoms with E-state index in [9.17, 15) is 9.59 Å². The third-order valence-electron chi connectivity index (χ3n) is 4.56. The molecule has 2 rings (SSSR count). The molecular formula is C22H26O2. The highest BCUT2D eigenvalue weighted by Gasteiger charge is 2.25. The van der Waals surface area contributed by atoms with Crippen LogP contribution in [0.4, 0.5) is 0 Å². The Morgan fingerprint density at radius 2 is 1.00 bits per heavy atom. The molecule has 0 amide bonds. The van der Waals surface area contributed by atoms with Crippen LogP contribution in [0, 0.1) is 0 Å². The monoisotopic (exact) mass is 322 g/mol. The van der Waals surface area contributed by atoms with E-state index in [0.717, 1.165) is 12.8 Å². The lowest BCUT2D eigenvalue weighted by Crippen LogP contribution is -2.14. The number of rotatable bonds is 9. The summed E-state index contributed by atoms with van der Waals surface area (Å²) in [6.07, 6.45) is 2.78. The highest BCUT2D eigenvalue weighted by Crippen LogP contribution is 2.39. The summed E-state index contributed by atoms with van der Waals surface area (Å²) in [6, 6.07) is 20.7. The number of hydrogen-bond donors (Lipinski definition) is 0. The molecule has 0 spiro atoms. The lowest BCUT2D eigenvalue weighted by atomic mass is 9.76. The molecule has 0 heterocycles. The fraction of sp³-hybridized carbons (Fsp3) is 0.364. The van der Waals surface area contributed by atoms with Crippen molar-refractivity contribution in [3.63, 3.8) is 0 Å². The molecule has 0 unspecified atom stereocenters. The first-order valence-corrected chi connectivity index (χ1v) is 8.66. The molecule has 2 atom stereocenters. The standard InChI is InChI=1S/C22H26O2/c1-17(23)13-15-21(19-9-5-3-6-10-19)22(16-14-18(2)24)20-11-7-4-8-12-20/h3-12,21-22H,13-16H2,1-2H3/t21-,22+. The summed E-state index contributed by atoms with van der Waals surface area (Å²) >= 11 is 0. The van der Waals surface area contributed by atoms with Gasteiger partial charge in [-0.3, -0.25) is 0 Å². The first-order chi connectivity index (χ1) is 11.6. The maximum Gasteiger partial charge on any atom is 0.129 e. The Kier molecular flexibility index (Phi) is 6.92. The topological polar surface area (TPSA) is 34.1 Å². The van der Waals surface area contributed by atoms with Crippen molar-refractivity contribution >= 4 is 11.6 Å². The van der Waals surface area contributed by atoms with Crippen LogP contribution in [0.1, 0.15) is 62.5 Å². The van der Waals surface area contributed by atoms with Crippen molar-refractivity contribution in [2.45, 2.75) is 51.4 Å². The smallest absolute Gasteiger partial charge is 0.129 e. The zero-order chi connectivity index (χ0) is 17.4. The second-order valence-corrected chi connectivity index (χ2v) is 6.52. The molecule has 2 aromatic rings. The van der Waals surface area contributed by atoms with Crippen LogP contribution < -0.4 is 0 Å². The predicted octanol–water partition coefficient (Wildman–Crippen LogP) is 5.29. The largest absolute Gasteiger partial charge is 0.300 e. The summed E-state index contributed by atoms with van der Waals surface area (Å²) in [4.78, 5) is 23.1. The van der Waals surface area contributed by atoms with Gasteiger partial charge < -0.3 is 9.59 Å². The van der Waals surface area contributed by atoms with E-state index in [1.165, 1.54) is 11.1 Å². The van der Waals surface area contributed by atoms with E-state index in [0.29, 0.717) is 12.8 Å². The van der Waals surface area contributed by atoms with Crippen LogP contribution in [0.3, 0.4) is 0 Å². The molecule has 0 aliphatic rings. The average Bonchev–Trinajstić information content (AvgIpc) is 2.59. The van der Waals surface area contributed by atoms with Crippen LogP contribution in [0.2, 0.25) is 0 Å². The second kappa shape index (κ2) is 9.17. The minimum absolute atomic E-state index is 0.217. The van der Waals surface area contributed by atoms with Gasteiger partial charge in [-0.1, -0.05) is 60.7 Å². The first-order valence-electron chi connectivity index (χ1n) is 8.66. The number of carbonyl (C=O) groups excluding carboxylic acids is 2. The normalized spacial score (nSPS) is 13.2. The van der Waals surface area contributed by atoms with Crippen molar-refractivity contribution in [2.75, 3.05) is 0 Å². The number of Topliss-reactive ketones (excluding diaryl/α,β-unsaturated/α-hetero) is 2. The van der Waals surface area contributed by atoms with Crippen LogP contribution in [-0.2, 0) is 9.59 Å². The van der Waals surface area contributed by atoms with Gasteiger partial charge in [0.2, 0.25) is 0 Å². The molecule has 2 aromatic carbocycles. The second-order valence-electron chi connectivity index (χ2n) is 6.52. The molecular weight excluding hydrogens is 296 g/mol. The van der Waals surface area contributed by atoms with E-state index in [1.807, 2.05) is 36.4 Å². The lowest BCUT2D eigenvalue weighted by Gasteiger charge is -2.28. The van der Waals surface area contributed by atoms with Gasteiger partial charge in [0.05, 0.1) is 0 Å². The Balaban J connectivity index is 2.35. The van der Waals surface area contributed by atoms with Gasteiger partial charge in [-0.2, -0.15) is 0 Å². The zero-order valence-electron chi connectivity index (χ0n) is 14.6. The van der Waals surface area contributed by atoms with E-state index < -0.39 is 0 Å². The Morgan fingerprint density at radius 3 is 1.29 bits per heavy atom. The molecule has 0 fully saturated rings. The maximum absolute atomic E-state index is 11.6. The molecule has 0 N–H and O–H groups in total. The Morgan fingerprint density at radius 1 is 0.667 bits per heavy atom. The molecule has 0 bridgehead atoms. The third kappa shape index (κ3) is 5.45. The number of carbonyl (C=O) groups is 2. The van der Waals surface area contributed by atoms with Crippen molar-refractivity contribution in [1.82, 2.24) is 0 Å². The summed E-state index contributed by atoms with van der Waals surface area (Å²) in [5.74, 6) is 0.928. The molecule has 0 saturated carbocycles. The van der Waals surface area contributed by atoms with Crippen molar-refractivity contribution in [3.05, 3.63) is 71.8 Å². The van der Waals surface area contributed by atoms with Crippen molar-refractivity contribution < 1.29 is 9.59 Å². The predicted molar refractivity (Wildman–Crippen MR) is 98.2 cm³/mol. The zero-order valence-corrected chi connectivity index (χ0v) is 14.6. The minimum atomic E-state index is 0.217. The Labute approximate surface area is 144 Å². The van der Waals surface area contributed by atoms with Gasteiger partial charge in [0.15, 0.2) is 0 Å². The van der Waals surface area contributed by atoms with Crippen LogP contribution in [0.5, 0.6) is 0 Å². The fourth-order valence-corrected chi connectivity index (χ4v) is 3.32. The molecule has 0 saturated heterocycles. The summed E-state index contributed by atoms with van der Waals surface area (Å²) in [5, 5.41) is 0. The highest BCUT2D eigenvalue weighted by atomic mass is 16.1. The van der Waals surface area contributed by atoms with Gasteiger partial charge in [-0.15, -0.1) is 0 Å².